The van der Waals surface area contributed by atoms with Crippen molar-refractivity contribution >= 4 is 17.5 Å². The first kappa shape index (κ1) is 22.3. The van der Waals surface area contributed by atoms with Crippen LogP contribution in [0.4, 0.5) is 38.0 Å². The lowest BCUT2D eigenvalue weighted by Gasteiger charge is -2.37. The van der Waals surface area contributed by atoms with Gasteiger partial charge in [-0.15, -0.1) is 0 Å². The first-order valence-electron chi connectivity index (χ1n) is 9.65. The topological polar surface area (TPSA) is 107 Å². The smallest absolute Gasteiger partial charge is 0.376 e. The Morgan fingerprint density at radius 2 is 1.81 bits per heavy atom. The molecule has 1 atom stereocenters. The Hall–Kier alpha value is -2.90. The van der Waals surface area contributed by atoms with Gasteiger partial charge < -0.3 is 15.3 Å². The van der Waals surface area contributed by atoms with Gasteiger partial charge in [0.25, 0.3) is 0 Å². The molecule has 0 radical (unpaired) electrons. The fourth-order valence-corrected chi connectivity index (χ4v) is 4.16. The highest BCUT2D eigenvalue weighted by atomic mass is 19.4. The molecule has 1 unspecified atom stereocenters. The SMILES string of the molecule is Cc1nc(N2CCC(c3[nH]nc4c3C(O)(C(F)(F)F)CC(=O)N4)CC2)cc(C(F)(F)F)n1. The Kier molecular flexibility index (Phi) is 5.10. The fourth-order valence-electron chi connectivity index (χ4n) is 4.16. The number of anilines is 2. The van der Waals surface area contributed by atoms with Gasteiger partial charge in [0.1, 0.15) is 17.3 Å². The third-order valence-corrected chi connectivity index (χ3v) is 5.69. The quantitative estimate of drug-likeness (QED) is 0.590. The van der Waals surface area contributed by atoms with Crippen LogP contribution in [-0.4, -0.2) is 50.4 Å². The molecule has 1 saturated heterocycles. The van der Waals surface area contributed by atoms with Crippen LogP contribution in [0.1, 0.15) is 48.0 Å². The Morgan fingerprint density at radius 3 is 2.41 bits per heavy atom. The van der Waals surface area contributed by atoms with Gasteiger partial charge in [-0.3, -0.25) is 9.89 Å². The summed E-state index contributed by atoms with van der Waals surface area (Å²) in [5, 5.41) is 18.9. The van der Waals surface area contributed by atoms with Crippen LogP contribution < -0.4 is 10.2 Å². The summed E-state index contributed by atoms with van der Waals surface area (Å²) in [6.07, 6.45) is -10.4. The standard InChI is InChI=1S/C18H18F6N6O2/c1-8-25-10(17(19,20)21)6-11(26-8)30-4-2-9(3-5-30)14-13-15(29-28-14)27-12(31)7-16(13,32)18(22,23)24/h6,9,32H,2-5,7H2,1H3,(H2,27,28,29,31). The number of hydrogen-bond acceptors (Lipinski definition) is 6. The summed E-state index contributed by atoms with van der Waals surface area (Å²) < 4.78 is 80.2. The van der Waals surface area contributed by atoms with Crippen molar-refractivity contribution in [2.24, 2.45) is 0 Å². The molecule has 3 N–H and O–H groups in total. The van der Waals surface area contributed by atoms with Crippen LogP contribution in [-0.2, 0) is 16.6 Å². The van der Waals surface area contributed by atoms with Crippen molar-refractivity contribution in [1.82, 2.24) is 20.2 Å². The highest BCUT2D eigenvalue weighted by Crippen LogP contribution is 2.49. The molecular weight excluding hydrogens is 446 g/mol. The number of hydrogen-bond donors (Lipinski definition) is 3. The van der Waals surface area contributed by atoms with Gasteiger partial charge in [-0.2, -0.15) is 31.4 Å². The molecule has 0 aromatic carbocycles. The van der Waals surface area contributed by atoms with E-state index in [-0.39, 0.29) is 49.1 Å². The molecule has 4 heterocycles. The van der Waals surface area contributed by atoms with Crippen molar-refractivity contribution in [1.29, 1.82) is 0 Å². The number of nitrogens with one attached hydrogen (secondary N) is 2. The van der Waals surface area contributed by atoms with Gasteiger partial charge in [0.05, 0.1) is 12.0 Å². The van der Waals surface area contributed by atoms with Gasteiger partial charge in [0.15, 0.2) is 11.4 Å². The second kappa shape index (κ2) is 7.32. The highest BCUT2D eigenvalue weighted by molar-refractivity contribution is 5.94. The van der Waals surface area contributed by atoms with Crippen LogP contribution in [0, 0.1) is 6.92 Å². The van der Waals surface area contributed by atoms with Crippen molar-refractivity contribution in [2.75, 3.05) is 23.3 Å². The number of aromatic amines is 1. The molecule has 174 valence electrons. The number of carbonyl (C=O) groups is 1. The number of rotatable bonds is 2. The molecule has 14 heteroatoms. The van der Waals surface area contributed by atoms with Crippen molar-refractivity contribution in [3.8, 4) is 0 Å². The van der Waals surface area contributed by atoms with E-state index in [0.717, 1.165) is 6.07 Å². The van der Waals surface area contributed by atoms with E-state index in [1.807, 2.05) is 0 Å². The molecule has 0 aliphatic carbocycles. The zero-order valence-corrected chi connectivity index (χ0v) is 16.6. The molecule has 1 amide bonds. The molecule has 4 rings (SSSR count). The van der Waals surface area contributed by atoms with E-state index in [4.69, 9.17) is 0 Å². The summed E-state index contributed by atoms with van der Waals surface area (Å²) in [6.45, 7) is 1.76. The molecule has 2 aliphatic heterocycles. The second-order valence-electron chi connectivity index (χ2n) is 7.86. The van der Waals surface area contributed by atoms with E-state index in [1.165, 1.54) is 6.92 Å². The van der Waals surface area contributed by atoms with Crippen LogP contribution in [0.3, 0.4) is 0 Å². The molecule has 2 aromatic heterocycles. The third kappa shape index (κ3) is 3.76. The summed E-state index contributed by atoms with van der Waals surface area (Å²) in [7, 11) is 0. The Labute approximate surface area is 177 Å². The van der Waals surface area contributed by atoms with Crippen LogP contribution in [0.5, 0.6) is 0 Å². The molecule has 1 fully saturated rings. The first-order chi connectivity index (χ1) is 14.8. The predicted octanol–water partition coefficient (Wildman–Crippen LogP) is 3.00. The normalized spacial score (nSPS) is 22.6. The summed E-state index contributed by atoms with van der Waals surface area (Å²) in [5.74, 6) is -1.85. The number of aliphatic hydroxyl groups is 1. The van der Waals surface area contributed by atoms with Crippen molar-refractivity contribution < 1.29 is 36.2 Å². The third-order valence-electron chi connectivity index (χ3n) is 5.69. The lowest BCUT2D eigenvalue weighted by atomic mass is 9.81. The lowest BCUT2D eigenvalue weighted by molar-refractivity contribution is -0.267. The number of piperidine rings is 1. The number of alkyl halides is 6. The largest absolute Gasteiger partial charge is 0.433 e. The molecular formula is C18H18F6N6O2. The summed E-state index contributed by atoms with van der Waals surface area (Å²) in [6, 6.07) is 0.837. The first-order valence-corrected chi connectivity index (χ1v) is 9.65. The summed E-state index contributed by atoms with van der Waals surface area (Å²) >= 11 is 0. The average Bonchev–Trinajstić information content (AvgIpc) is 3.10. The highest BCUT2D eigenvalue weighted by Gasteiger charge is 2.61. The monoisotopic (exact) mass is 464 g/mol. The van der Waals surface area contributed by atoms with Gasteiger partial charge in [0.2, 0.25) is 5.91 Å². The van der Waals surface area contributed by atoms with Gasteiger partial charge in [-0.25, -0.2) is 9.97 Å². The molecule has 0 saturated carbocycles. The van der Waals surface area contributed by atoms with E-state index < -0.39 is 47.5 Å². The van der Waals surface area contributed by atoms with Gasteiger partial charge in [-0.1, -0.05) is 0 Å². The van der Waals surface area contributed by atoms with Gasteiger partial charge in [0, 0.05) is 30.8 Å². The molecule has 2 aromatic rings. The van der Waals surface area contributed by atoms with Crippen molar-refractivity contribution in [3.63, 3.8) is 0 Å². The predicted molar refractivity (Wildman–Crippen MR) is 97.7 cm³/mol. The average molecular weight is 464 g/mol. The zero-order chi connectivity index (χ0) is 23.5. The fraction of sp³-hybridized carbons (Fsp3) is 0.556. The van der Waals surface area contributed by atoms with Crippen molar-refractivity contribution in [3.05, 3.63) is 28.8 Å². The molecule has 32 heavy (non-hydrogen) atoms. The van der Waals surface area contributed by atoms with Crippen LogP contribution >= 0.6 is 0 Å². The van der Waals surface area contributed by atoms with E-state index in [9.17, 15) is 36.2 Å². The van der Waals surface area contributed by atoms with E-state index in [0.29, 0.717) is 0 Å². The number of nitrogens with zero attached hydrogens (tertiary/aromatic N) is 4. The minimum absolute atomic E-state index is 0.0503. The Morgan fingerprint density at radius 1 is 1.16 bits per heavy atom. The number of aryl methyl sites for hydroxylation is 1. The minimum atomic E-state index is -5.11. The maximum absolute atomic E-state index is 13.7. The van der Waals surface area contributed by atoms with Crippen molar-refractivity contribution in [2.45, 2.75) is 50.1 Å². The minimum Gasteiger partial charge on any atom is -0.376 e. The molecule has 0 spiro atoms. The number of H-pyrrole nitrogens is 1. The maximum atomic E-state index is 13.7. The number of amides is 1. The summed E-state index contributed by atoms with van der Waals surface area (Å²) in [5.41, 5.74) is -4.92. The van der Waals surface area contributed by atoms with Gasteiger partial charge in [-0.05, 0) is 19.8 Å². The lowest BCUT2D eigenvalue weighted by Crippen LogP contribution is -2.49. The zero-order valence-electron chi connectivity index (χ0n) is 16.6. The van der Waals surface area contributed by atoms with E-state index >= 15 is 0 Å². The Balaban J connectivity index is 1.59. The molecule has 2 aliphatic rings. The second-order valence-corrected chi connectivity index (χ2v) is 7.86. The Bertz CT molecular complexity index is 1040. The number of halogens is 6. The number of aromatic nitrogens is 4. The maximum Gasteiger partial charge on any atom is 0.433 e. The van der Waals surface area contributed by atoms with E-state index in [1.54, 1.807) is 4.90 Å². The van der Waals surface area contributed by atoms with Gasteiger partial charge >= 0.3 is 12.4 Å². The summed E-state index contributed by atoms with van der Waals surface area (Å²) in [4.78, 5) is 20.7. The van der Waals surface area contributed by atoms with Crippen LogP contribution in [0.25, 0.3) is 0 Å². The molecule has 0 bridgehead atoms. The van der Waals surface area contributed by atoms with Crippen LogP contribution in [0.15, 0.2) is 6.07 Å². The molecule has 8 nitrogen and oxygen atoms in total. The van der Waals surface area contributed by atoms with E-state index in [2.05, 4.69) is 25.5 Å². The van der Waals surface area contributed by atoms with Crippen LogP contribution in [0.2, 0.25) is 0 Å². The number of fused-ring (bicyclic) bond motifs is 1. The number of carbonyl (C=O) groups excluding carboxylic acids is 1.